The third kappa shape index (κ3) is 6.81. The van der Waals surface area contributed by atoms with E-state index in [0.717, 1.165) is 45.1 Å². The van der Waals surface area contributed by atoms with Crippen LogP contribution in [-0.4, -0.2) is 56.0 Å². The lowest BCUT2D eigenvalue weighted by atomic mass is 9.85. The lowest BCUT2D eigenvalue weighted by molar-refractivity contribution is -0.173. The van der Waals surface area contributed by atoms with Gasteiger partial charge in [-0.05, 0) is 57.4 Å². The van der Waals surface area contributed by atoms with Crippen LogP contribution >= 0.6 is 0 Å². The minimum absolute atomic E-state index is 0.0975. The number of hydrogen-bond acceptors (Lipinski definition) is 6. The van der Waals surface area contributed by atoms with Crippen molar-refractivity contribution in [1.29, 1.82) is 0 Å². The van der Waals surface area contributed by atoms with E-state index in [0.29, 0.717) is 24.5 Å². The van der Waals surface area contributed by atoms with E-state index in [9.17, 15) is 8.78 Å². The Morgan fingerprint density at radius 2 is 1.83 bits per heavy atom. The van der Waals surface area contributed by atoms with E-state index < -0.39 is 6.61 Å². The van der Waals surface area contributed by atoms with Crippen molar-refractivity contribution in [2.24, 2.45) is 11.7 Å². The fourth-order valence-electron chi connectivity index (χ4n) is 5.37. The molecule has 0 radical (unpaired) electrons. The van der Waals surface area contributed by atoms with E-state index >= 15 is 0 Å². The van der Waals surface area contributed by atoms with Crippen LogP contribution in [0.15, 0.2) is 0 Å². The second-order valence-corrected chi connectivity index (χ2v) is 9.59. The zero-order chi connectivity index (χ0) is 20.9. The van der Waals surface area contributed by atoms with Crippen molar-refractivity contribution in [2.75, 3.05) is 6.54 Å². The summed E-state index contributed by atoms with van der Waals surface area (Å²) in [7, 11) is 0. The summed E-state index contributed by atoms with van der Waals surface area (Å²) >= 11 is 0. The molecule has 0 aromatic rings. The molecule has 2 aliphatic heterocycles. The third-order valence-electron chi connectivity index (χ3n) is 7.24. The summed E-state index contributed by atoms with van der Waals surface area (Å²) in [4.78, 5) is 0. The molecule has 2 heterocycles. The molecule has 2 saturated carbocycles. The van der Waals surface area contributed by atoms with E-state index in [-0.39, 0.29) is 30.7 Å². The maximum atomic E-state index is 12.4. The molecule has 0 amide bonds. The van der Waals surface area contributed by atoms with Crippen LogP contribution in [0.5, 0.6) is 0 Å². The Balaban J connectivity index is 0.993. The number of halogens is 2. The first-order valence-electron chi connectivity index (χ1n) is 12.1. The lowest BCUT2D eigenvalue weighted by Crippen LogP contribution is -2.48. The molecule has 2 saturated heterocycles. The van der Waals surface area contributed by atoms with Crippen LogP contribution in [-0.2, 0) is 14.2 Å². The molecule has 0 bridgehead atoms. The molecule has 4 N–H and O–H groups in total. The fraction of sp³-hybridized carbons (Fsp3) is 1.00. The van der Waals surface area contributed by atoms with Gasteiger partial charge in [0.05, 0.1) is 12.2 Å². The number of nitrogens with two attached hydrogens (primary N) is 1. The molecule has 6 nitrogen and oxygen atoms in total. The van der Waals surface area contributed by atoms with Gasteiger partial charge in [-0.25, -0.2) is 0 Å². The number of nitrogens with one attached hydrogen (secondary N) is 2. The number of hydrogen-bond donors (Lipinski definition) is 3. The minimum Gasteiger partial charge on any atom is -0.353 e. The van der Waals surface area contributed by atoms with Crippen molar-refractivity contribution >= 4 is 0 Å². The molecular weight excluding hydrogens is 392 g/mol. The van der Waals surface area contributed by atoms with Gasteiger partial charge in [-0.15, -0.1) is 0 Å². The number of rotatable bonds is 12. The van der Waals surface area contributed by atoms with E-state index in [1.807, 2.05) is 0 Å². The maximum absolute atomic E-state index is 12.4. The van der Waals surface area contributed by atoms with E-state index in [1.165, 1.54) is 32.1 Å². The maximum Gasteiger partial charge on any atom is 0.345 e. The standard InChI is InChI=1S/C22H39F2N3O3/c23-22(24)28-15-8-6-7-14(13-15)19-21(30-19)26-12-5-1-2-11-18-20(29-18)27-17-10-4-3-9-16(17)25/h14-22,26-27H,1-13,25H2. The van der Waals surface area contributed by atoms with Gasteiger partial charge in [0, 0.05) is 12.1 Å². The molecule has 8 heteroatoms. The first-order chi connectivity index (χ1) is 14.6. The molecule has 8 unspecified atom stereocenters. The SMILES string of the molecule is NC1CCCCC1NC1OC1CCCCCNC1OC1C1CCCC(OC(F)F)C1. The van der Waals surface area contributed by atoms with Crippen molar-refractivity contribution < 1.29 is 23.0 Å². The van der Waals surface area contributed by atoms with Crippen molar-refractivity contribution in [3.05, 3.63) is 0 Å². The highest BCUT2D eigenvalue weighted by atomic mass is 19.3. The summed E-state index contributed by atoms with van der Waals surface area (Å²) in [6.07, 6.45) is 13.3. The van der Waals surface area contributed by atoms with Gasteiger partial charge in [-0.1, -0.05) is 32.1 Å². The summed E-state index contributed by atoms with van der Waals surface area (Å²) in [5.74, 6) is 0.341. The predicted octanol–water partition coefficient (Wildman–Crippen LogP) is 3.24. The van der Waals surface area contributed by atoms with Crippen LogP contribution in [0.2, 0.25) is 0 Å². The number of unbranched alkanes of at least 4 members (excludes halogenated alkanes) is 2. The third-order valence-corrected chi connectivity index (χ3v) is 7.24. The van der Waals surface area contributed by atoms with Gasteiger partial charge in [0.15, 0.2) is 0 Å². The summed E-state index contributed by atoms with van der Waals surface area (Å²) in [6, 6.07) is 0.699. The zero-order valence-corrected chi connectivity index (χ0v) is 17.9. The second-order valence-electron chi connectivity index (χ2n) is 9.59. The first-order valence-corrected chi connectivity index (χ1v) is 12.1. The Morgan fingerprint density at radius 1 is 0.967 bits per heavy atom. The summed E-state index contributed by atoms with van der Waals surface area (Å²) in [5, 5.41) is 7.05. The summed E-state index contributed by atoms with van der Waals surface area (Å²) in [5.41, 5.74) is 6.20. The van der Waals surface area contributed by atoms with Gasteiger partial charge in [-0.3, -0.25) is 10.6 Å². The van der Waals surface area contributed by atoms with E-state index in [2.05, 4.69) is 10.6 Å². The first kappa shape index (κ1) is 22.8. The van der Waals surface area contributed by atoms with Crippen LogP contribution < -0.4 is 16.4 Å². The second kappa shape index (κ2) is 11.0. The molecule has 4 rings (SSSR count). The largest absolute Gasteiger partial charge is 0.353 e. The Morgan fingerprint density at radius 3 is 2.67 bits per heavy atom. The monoisotopic (exact) mass is 431 g/mol. The molecule has 4 aliphatic rings. The Labute approximate surface area is 178 Å². The highest BCUT2D eigenvalue weighted by molar-refractivity contribution is 4.93. The van der Waals surface area contributed by atoms with Gasteiger partial charge in [0.1, 0.15) is 18.6 Å². The quantitative estimate of drug-likeness (QED) is 0.325. The number of alkyl halides is 2. The van der Waals surface area contributed by atoms with Crippen molar-refractivity contribution in [3.63, 3.8) is 0 Å². The fourth-order valence-corrected chi connectivity index (χ4v) is 5.37. The van der Waals surface area contributed by atoms with Crippen LogP contribution in [0.25, 0.3) is 0 Å². The van der Waals surface area contributed by atoms with Gasteiger partial charge < -0.3 is 19.9 Å². The summed E-state index contributed by atoms with van der Waals surface area (Å²) < 4.78 is 41.1. The van der Waals surface area contributed by atoms with Gasteiger partial charge in [-0.2, -0.15) is 8.78 Å². The molecular formula is C22H39F2N3O3. The smallest absolute Gasteiger partial charge is 0.345 e. The lowest BCUT2D eigenvalue weighted by Gasteiger charge is -2.28. The average molecular weight is 432 g/mol. The van der Waals surface area contributed by atoms with Crippen molar-refractivity contribution in [3.8, 4) is 0 Å². The molecule has 0 spiro atoms. The van der Waals surface area contributed by atoms with Crippen LogP contribution in [0.3, 0.4) is 0 Å². The highest BCUT2D eigenvalue weighted by Gasteiger charge is 2.46. The van der Waals surface area contributed by atoms with Crippen molar-refractivity contribution in [2.45, 2.75) is 127 Å². The Bertz CT molecular complexity index is 530. The Kier molecular flexibility index (Phi) is 8.33. The minimum atomic E-state index is -2.67. The summed E-state index contributed by atoms with van der Waals surface area (Å²) in [6.45, 7) is -1.73. The van der Waals surface area contributed by atoms with Gasteiger partial charge in [0.25, 0.3) is 0 Å². The number of ether oxygens (including phenoxy) is 3. The predicted molar refractivity (Wildman–Crippen MR) is 110 cm³/mol. The van der Waals surface area contributed by atoms with E-state index in [4.69, 9.17) is 19.9 Å². The molecule has 174 valence electrons. The zero-order valence-electron chi connectivity index (χ0n) is 17.9. The van der Waals surface area contributed by atoms with Crippen LogP contribution in [0.1, 0.15) is 77.0 Å². The molecule has 8 atom stereocenters. The average Bonchev–Trinajstić information content (AvgIpc) is 3.63. The molecule has 4 fully saturated rings. The molecule has 30 heavy (non-hydrogen) atoms. The van der Waals surface area contributed by atoms with Gasteiger partial charge in [0.2, 0.25) is 0 Å². The normalized spacial score (nSPS) is 41.2. The topological polar surface area (TPSA) is 84.4 Å². The molecule has 2 aliphatic carbocycles. The van der Waals surface area contributed by atoms with Crippen LogP contribution in [0, 0.1) is 5.92 Å². The number of epoxide rings is 2. The van der Waals surface area contributed by atoms with Crippen LogP contribution in [0.4, 0.5) is 8.78 Å². The molecule has 0 aromatic carbocycles. The van der Waals surface area contributed by atoms with E-state index in [1.54, 1.807) is 0 Å². The Hall–Kier alpha value is -0.380. The highest BCUT2D eigenvalue weighted by Crippen LogP contribution is 2.38. The van der Waals surface area contributed by atoms with Gasteiger partial charge >= 0.3 is 6.61 Å². The van der Waals surface area contributed by atoms with Crippen molar-refractivity contribution in [1.82, 2.24) is 10.6 Å². The molecule has 0 aromatic heterocycles.